The molecule has 1 N–H and O–H groups in total. The standard InChI is InChI=1S/C15H15Cl2N5OS/c1-22-15(19-20-21-22)24-7-6-18-9-11-3-5-14(23-11)12-4-2-10(16)8-13(12)17/h2-5,8,18H,6-7,9H2,1H3. The topological polar surface area (TPSA) is 68.8 Å². The Bertz CT molecular complexity index is 820. The summed E-state index contributed by atoms with van der Waals surface area (Å²) in [6.07, 6.45) is 0. The van der Waals surface area contributed by atoms with E-state index in [-0.39, 0.29) is 0 Å². The maximum atomic E-state index is 6.20. The Labute approximate surface area is 153 Å². The van der Waals surface area contributed by atoms with Crippen molar-refractivity contribution in [2.75, 3.05) is 12.3 Å². The number of halogens is 2. The van der Waals surface area contributed by atoms with E-state index in [0.717, 1.165) is 34.5 Å². The first-order chi connectivity index (χ1) is 11.6. The van der Waals surface area contributed by atoms with Crippen LogP contribution in [0.5, 0.6) is 0 Å². The molecule has 0 atom stereocenters. The lowest BCUT2D eigenvalue weighted by Crippen LogP contribution is -2.16. The second-order valence-electron chi connectivity index (χ2n) is 5.00. The number of thioether (sulfide) groups is 1. The van der Waals surface area contributed by atoms with Gasteiger partial charge in [-0.1, -0.05) is 35.0 Å². The summed E-state index contributed by atoms with van der Waals surface area (Å²) >= 11 is 13.7. The minimum Gasteiger partial charge on any atom is -0.460 e. The second kappa shape index (κ2) is 8.02. The van der Waals surface area contributed by atoms with Crippen LogP contribution in [0.25, 0.3) is 11.3 Å². The molecule has 2 heterocycles. The largest absolute Gasteiger partial charge is 0.460 e. The highest BCUT2D eigenvalue weighted by Crippen LogP contribution is 2.31. The molecule has 0 bridgehead atoms. The number of hydrogen-bond acceptors (Lipinski definition) is 6. The maximum Gasteiger partial charge on any atom is 0.209 e. The van der Waals surface area contributed by atoms with E-state index < -0.39 is 0 Å². The highest BCUT2D eigenvalue weighted by atomic mass is 35.5. The van der Waals surface area contributed by atoms with Gasteiger partial charge in [0.05, 0.1) is 11.6 Å². The van der Waals surface area contributed by atoms with Crippen molar-refractivity contribution in [3.05, 3.63) is 46.1 Å². The zero-order valence-electron chi connectivity index (χ0n) is 12.9. The van der Waals surface area contributed by atoms with Gasteiger partial charge in [0.1, 0.15) is 11.5 Å². The van der Waals surface area contributed by atoms with Crippen molar-refractivity contribution < 1.29 is 4.42 Å². The SMILES string of the molecule is Cn1nnnc1SCCNCc1ccc(-c2ccc(Cl)cc2Cl)o1. The lowest BCUT2D eigenvalue weighted by molar-refractivity contribution is 0.499. The number of furan rings is 1. The highest BCUT2D eigenvalue weighted by molar-refractivity contribution is 7.99. The fraction of sp³-hybridized carbons (Fsp3) is 0.267. The molecular formula is C15H15Cl2N5OS. The Morgan fingerprint density at radius 3 is 2.88 bits per heavy atom. The summed E-state index contributed by atoms with van der Waals surface area (Å²) in [6, 6.07) is 9.20. The molecule has 0 fully saturated rings. The average molecular weight is 384 g/mol. The number of nitrogens with one attached hydrogen (secondary N) is 1. The zero-order chi connectivity index (χ0) is 16.9. The van der Waals surface area contributed by atoms with Gasteiger partial charge in [-0.15, -0.1) is 5.10 Å². The van der Waals surface area contributed by atoms with Crippen LogP contribution in [0.4, 0.5) is 0 Å². The number of rotatable bonds is 7. The van der Waals surface area contributed by atoms with Crippen molar-refractivity contribution in [3.63, 3.8) is 0 Å². The lowest BCUT2D eigenvalue weighted by atomic mass is 10.2. The third kappa shape index (κ3) is 4.30. The van der Waals surface area contributed by atoms with E-state index in [1.807, 2.05) is 25.2 Å². The molecule has 9 heteroatoms. The van der Waals surface area contributed by atoms with Crippen LogP contribution in [0.1, 0.15) is 5.76 Å². The van der Waals surface area contributed by atoms with Gasteiger partial charge in [0, 0.05) is 29.9 Å². The summed E-state index contributed by atoms with van der Waals surface area (Å²) in [4.78, 5) is 0. The van der Waals surface area contributed by atoms with E-state index >= 15 is 0 Å². The summed E-state index contributed by atoms with van der Waals surface area (Å²) < 4.78 is 7.48. The van der Waals surface area contributed by atoms with Crippen LogP contribution in [0.2, 0.25) is 10.0 Å². The monoisotopic (exact) mass is 383 g/mol. The van der Waals surface area contributed by atoms with E-state index in [4.69, 9.17) is 27.6 Å². The fourth-order valence-corrected chi connectivity index (χ4v) is 3.32. The van der Waals surface area contributed by atoms with Gasteiger partial charge >= 0.3 is 0 Å². The first-order valence-corrected chi connectivity index (χ1v) is 8.97. The van der Waals surface area contributed by atoms with Crippen LogP contribution < -0.4 is 5.32 Å². The third-order valence-electron chi connectivity index (χ3n) is 3.25. The van der Waals surface area contributed by atoms with E-state index in [0.29, 0.717) is 16.6 Å². The van der Waals surface area contributed by atoms with Crippen molar-refractivity contribution in [2.45, 2.75) is 11.7 Å². The van der Waals surface area contributed by atoms with Crippen LogP contribution >= 0.6 is 35.0 Å². The maximum absolute atomic E-state index is 6.20. The van der Waals surface area contributed by atoms with Crippen LogP contribution in [-0.4, -0.2) is 32.5 Å². The Hall–Kier alpha value is -1.54. The van der Waals surface area contributed by atoms with Crippen LogP contribution in [-0.2, 0) is 13.6 Å². The first-order valence-electron chi connectivity index (χ1n) is 7.23. The molecule has 0 amide bonds. The van der Waals surface area contributed by atoms with Crippen molar-refractivity contribution in [3.8, 4) is 11.3 Å². The molecule has 0 aliphatic heterocycles. The molecule has 1 aromatic carbocycles. The lowest BCUT2D eigenvalue weighted by Gasteiger charge is -2.03. The molecule has 126 valence electrons. The summed E-state index contributed by atoms with van der Waals surface area (Å²) in [5.74, 6) is 2.44. The van der Waals surface area contributed by atoms with Crippen molar-refractivity contribution in [1.29, 1.82) is 0 Å². The number of nitrogens with zero attached hydrogens (tertiary/aromatic N) is 4. The summed E-state index contributed by atoms with van der Waals surface area (Å²) in [5.41, 5.74) is 0.831. The van der Waals surface area contributed by atoms with E-state index in [2.05, 4.69) is 20.8 Å². The summed E-state index contributed by atoms with van der Waals surface area (Å²) in [5, 5.41) is 16.6. The first kappa shape index (κ1) is 17.3. The van der Waals surface area contributed by atoms with Crippen molar-refractivity contribution >= 4 is 35.0 Å². The van der Waals surface area contributed by atoms with E-state index in [1.165, 1.54) is 0 Å². The van der Waals surface area contributed by atoms with Gasteiger partial charge < -0.3 is 9.73 Å². The molecule has 0 saturated carbocycles. The Balaban J connectivity index is 1.48. The second-order valence-corrected chi connectivity index (χ2v) is 6.91. The Kier molecular flexibility index (Phi) is 5.78. The number of aryl methyl sites for hydroxylation is 1. The van der Waals surface area contributed by atoms with Crippen molar-refractivity contribution in [2.24, 2.45) is 7.05 Å². The molecule has 3 rings (SSSR count). The minimum absolute atomic E-state index is 0.574. The molecule has 6 nitrogen and oxygen atoms in total. The number of hydrogen-bond donors (Lipinski definition) is 1. The molecule has 0 saturated heterocycles. The number of benzene rings is 1. The van der Waals surface area contributed by atoms with Gasteiger partial charge in [0.15, 0.2) is 0 Å². The predicted octanol–water partition coefficient (Wildman–Crippen LogP) is 3.66. The van der Waals surface area contributed by atoms with Crippen molar-refractivity contribution in [1.82, 2.24) is 25.5 Å². The Morgan fingerprint density at radius 1 is 1.25 bits per heavy atom. The van der Waals surface area contributed by atoms with E-state index in [9.17, 15) is 0 Å². The van der Waals surface area contributed by atoms with Gasteiger partial charge in [0.2, 0.25) is 5.16 Å². The zero-order valence-corrected chi connectivity index (χ0v) is 15.2. The molecule has 0 aliphatic carbocycles. The normalized spacial score (nSPS) is 11.1. The van der Waals surface area contributed by atoms with Gasteiger partial charge in [-0.3, -0.25) is 0 Å². The third-order valence-corrected chi connectivity index (χ3v) is 4.81. The highest BCUT2D eigenvalue weighted by Gasteiger charge is 2.09. The Morgan fingerprint density at radius 2 is 2.12 bits per heavy atom. The van der Waals surface area contributed by atoms with Gasteiger partial charge in [-0.25, -0.2) is 4.68 Å². The molecule has 0 aliphatic rings. The van der Waals surface area contributed by atoms with E-state index in [1.54, 1.807) is 28.6 Å². The smallest absolute Gasteiger partial charge is 0.209 e. The quantitative estimate of drug-likeness (QED) is 0.495. The minimum atomic E-state index is 0.574. The summed E-state index contributed by atoms with van der Waals surface area (Å²) in [7, 11) is 1.82. The number of tetrazole rings is 1. The molecule has 0 unspecified atom stereocenters. The fourth-order valence-electron chi connectivity index (χ4n) is 2.08. The average Bonchev–Trinajstić information content (AvgIpc) is 3.17. The molecule has 24 heavy (non-hydrogen) atoms. The predicted molar refractivity (Wildman–Crippen MR) is 95.4 cm³/mol. The molecular weight excluding hydrogens is 369 g/mol. The van der Waals surface area contributed by atoms with Gasteiger partial charge in [0.25, 0.3) is 0 Å². The van der Waals surface area contributed by atoms with Gasteiger partial charge in [-0.05, 0) is 40.8 Å². The number of aromatic nitrogens is 4. The molecule has 0 radical (unpaired) electrons. The molecule has 2 aromatic heterocycles. The van der Waals surface area contributed by atoms with Crippen LogP contribution in [0, 0.1) is 0 Å². The molecule has 0 spiro atoms. The van der Waals surface area contributed by atoms with Gasteiger partial charge in [-0.2, -0.15) is 0 Å². The van der Waals surface area contributed by atoms with Crippen LogP contribution in [0.15, 0.2) is 39.9 Å². The summed E-state index contributed by atoms with van der Waals surface area (Å²) in [6.45, 7) is 1.46. The molecule has 3 aromatic rings. The van der Waals surface area contributed by atoms with Crippen LogP contribution in [0.3, 0.4) is 0 Å².